The van der Waals surface area contributed by atoms with E-state index in [2.05, 4.69) is 36.9 Å². The van der Waals surface area contributed by atoms with E-state index in [-0.39, 0.29) is 0 Å². The minimum absolute atomic E-state index is 0.605. The Balaban J connectivity index is 1.72. The second-order valence-electron chi connectivity index (χ2n) is 7.66. The third kappa shape index (κ3) is 3.61. The van der Waals surface area contributed by atoms with Gasteiger partial charge in [0, 0.05) is 18.3 Å². The fourth-order valence-electron chi connectivity index (χ4n) is 4.51. The van der Waals surface area contributed by atoms with Gasteiger partial charge in [-0.25, -0.2) is 4.98 Å². The zero-order valence-corrected chi connectivity index (χ0v) is 13.9. The molecule has 2 fully saturated rings. The van der Waals surface area contributed by atoms with Crippen molar-refractivity contribution in [2.75, 3.05) is 5.32 Å². The summed E-state index contributed by atoms with van der Waals surface area (Å²) in [6.45, 7) is 6.91. The molecule has 118 valence electrons. The Bertz CT molecular complexity index is 449. The van der Waals surface area contributed by atoms with Gasteiger partial charge < -0.3 is 9.88 Å². The number of aromatic nitrogens is 2. The minimum atomic E-state index is 0.605. The summed E-state index contributed by atoms with van der Waals surface area (Å²) in [4.78, 5) is 4.78. The quantitative estimate of drug-likeness (QED) is 0.854. The van der Waals surface area contributed by atoms with Gasteiger partial charge in [0.05, 0.1) is 5.69 Å². The van der Waals surface area contributed by atoms with Gasteiger partial charge in [0.1, 0.15) is 0 Å². The van der Waals surface area contributed by atoms with Crippen LogP contribution in [-0.2, 0) is 0 Å². The van der Waals surface area contributed by atoms with Gasteiger partial charge in [0.15, 0.2) is 0 Å². The van der Waals surface area contributed by atoms with Gasteiger partial charge >= 0.3 is 0 Å². The van der Waals surface area contributed by atoms with Crippen LogP contribution >= 0.6 is 0 Å². The smallest absolute Gasteiger partial charge is 0.203 e. The van der Waals surface area contributed by atoms with E-state index in [4.69, 9.17) is 4.98 Å². The van der Waals surface area contributed by atoms with E-state index >= 15 is 0 Å². The van der Waals surface area contributed by atoms with Gasteiger partial charge in [-0.1, -0.05) is 33.1 Å². The summed E-state index contributed by atoms with van der Waals surface area (Å²) >= 11 is 0. The van der Waals surface area contributed by atoms with Crippen LogP contribution in [0.15, 0.2) is 6.20 Å². The molecule has 3 heteroatoms. The van der Waals surface area contributed by atoms with Crippen LogP contribution in [0.25, 0.3) is 0 Å². The number of hydrogen-bond donors (Lipinski definition) is 1. The molecule has 21 heavy (non-hydrogen) atoms. The molecule has 3 nitrogen and oxygen atoms in total. The zero-order valence-electron chi connectivity index (χ0n) is 13.9. The number of anilines is 1. The normalized spacial score (nSPS) is 31.3. The standard InChI is InChI=1S/C18H31N3/c1-13-9-14(2)11-16(10-13)20-18-19-15(3)12-21(18)17-7-5-4-6-8-17/h12-14,16-17H,4-11H2,1-3H3,(H,19,20). The van der Waals surface area contributed by atoms with Crippen LogP contribution in [0.1, 0.15) is 76.9 Å². The monoisotopic (exact) mass is 289 g/mol. The SMILES string of the molecule is Cc1cn(C2CCCCC2)c(NC2CC(C)CC(C)C2)n1. The van der Waals surface area contributed by atoms with Crippen LogP contribution in [-0.4, -0.2) is 15.6 Å². The van der Waals surface area contributed by atoms with Crippen molar-refractivity contribution in [3.63, 3.8) is 0 Å². The first kappa shape index (κ1) is 14.9. The molecule has 1 aromatic rings. The van der Waals surface area contributed by atoms with E-state index < -0.39 is 0 Å². The lowest BCUT2D eigenvalue weighted by atomic mass is 9.80. The minimum Gasteiger partial charge on any atom is -0.353 e. The summed E-state index contributed by atoms with van der Waals surface area (Å²) in [5.74, 6) is 2.81. The van der Waals surface area contributed by atoms with Gasteiger partial charge in [0.2, 0.25) is 5.95 Å². The Labute approximate surface area is 129 Å². The topological polar surface area (TPSA) is 29.9 Å². The highest BCUT2D eigenvalue weighted by Crippen LogP contribution is 2.33. The van der Waals surface area contributed by atoms with Gasteiger partial charge in [-0.05, 0) is 50.9 Å². The average Bonchev–Trinajstić information content (AvgIpc) is 2.79. The molecule has 1 N–H and O–H groups in total. The fraction of sp³-hybridized carbons (Fsp3) is 0.833. The molecule has 0 spiro atoms. The highest BCUT2D eigenvalue weighted by Gasteiger charge is 2.26. The van der Waals surface area contributed by atoms with Crippen LogP contribution in [0.3, 0.4) is 0 Å². The van der Waals surface area contributed by atoms with Crippen LogP contribution in [0.4, 0.5) is 5.95 Å². The molecule has 2 aliphatic rings. The Kier molecular flexibility index (Phi) is 4.56. The molecule has 0 bridgehead atoms. The van der Waals surface area contributed by atoms with Gasteiger partial charge in [0.25, 0.3) is 0 Å². The Morgan fingerprint density at radius 3 is 2.38 bits per heavy atom. The molecule has 2 saturated carbocycles. The first-order valence-electron chi connectivity index (χ1n) is 8.94. The van der Waals surface area contributed by atoms with Crippen LogP contribution in [0.5, 0.6) is 0 Å². The summed E-state index contributed by atoms with van der Waals surface area (Å²) in [7, 11) is 0. The van der Waals surface area contributed by atoms with E-state index in [1.165, 1.54) is 51.4 Å². The molecule has 0 saturated heterocycles. The predicted molar refractivity (Wildman–Crippen MR) is 88.7 cm³/mol. The first-order chi connectivity index (χ1) is 10.1. The lowest BCUT2D eigenvalue weighted by molar-refractivity contribution is 0.278. The van der Waals surface area contributed by atoms with Crippen molar-refractivity contribution in [1.29, 1.82) is 0 Å². The highest BCUT2D eigenvalue weighted by atomic mass is 15.2. The lowest BCUT2D eigenvalue weighted by Gasteiger charge is -2.33. The molecule has 2 aliphatic carbocycles. The maximum absolute atomic E-state index is 4.78. The summed E-state index contributed by atoms with van der Waals surface area (Å²) in [6, 6.07) is 1.27. The molecule has 0 amide bonds. The molecule has 0 aromatic carbocycles. The number of aryl methyl sites for hydroxylation is 1. The molecule has 2 atom stereocenters. The number of hydrogen-bond acceptors (Lipinski definition) is 2. The molecule has 0 aliphatic heterocycles. The number of imidazole rings is 1. The van der Waals surface area contributed by atoms with Crippen LogP contribution in [0, 0.1) is 18.8 Å². The maximum Gasteiger partial charge on any atom is 0.203 e. The molecule has 0 radical (unpaired) electrons. The summed E-state index contributed by atoms with van der Waals surface area (Å²) in [5, 5.41) is 3.78. The molecule has 3 rings (SSSR count). The molecule has 1 aromatic heterocycles. The van der Waals surface area contributed by atoms with E-state index in [1.807, 2.05) is 0 Å². The van der Waals surface area contributed by atoms with Crippen molar-refractivity contribution in [2.45, 2.75) is 84.2 Å². The molecule has 1 heterocycles. The predicted octanol–water partition coefficient (Wildman–Crippen LogP) is 4.93. The second-order valence-corrected chi connectivity index (χ2v) is 7.66. The highest BCUT2D eigenvalue weighted by molar-refractivity contribution is 5.31. The third-order valence-electron chi connectivity index (χ3n) is 5.33. The van der Waals surface area contributed by atoms with Crippen LogP contribution < -0.4 is 5.32 Å². The third-order valence-corrected chi connectivity index (χ3v) is 5.33. The van der Waals surface area contributed by atoms with Crippen molar-refractivity contribution >= 4 is 5.95 Å². The van der Waals surface area contributed by atoms with Crippen molar-refractivity contribution in [1.82, 2.24) is 9.55 Å². The van der Waals surface area contributed by atoms with Crippen molar-refractivity contribution in [2.24, 2.45) is 11.8 Å². The van der Waals surface area contributed by atoms with Crippen LogP contribution in [0.2, 0.25) is 0 Å². The van der Waals surface area contributed by atoms with Gasteiger partial charge in [-0.3, -0.25) is 0 Å². The van der Waals surface area contributed by atoms with E-state index in [1.54, 1.807) is 0 Å². The summed E-state index contributed by atoms with van der Waals surface area (Å²) in [6.07, 6.45) is 13.0. The van der Waals surface area contributed by atoms with E-state index in [9.17, 15) is 0 Å². The lowest BCUT2D eigenvalue weighted by Crippen LogP contribution is -2.31. The summed E-state index contributed by atoms with van der Waals surface area (Å²) in [5.41, 5.74) is 1.15. The second kappa shape index (κ2) is 6.41. The number of rotatable bonds is 3. The fourth-order valence-corrected chi connectivity index (χ4v) is 4.51. The average molecular weight is 289 g/mol. The zero-order chi connectivity index (χ0) is 14.8. The Morgan fingerprint density at radius 1 is 1.05 bits per heavy atom. The summed E-state index contributed by atoms with van der Waals surface area (Å²) < 4.78 is 2.44. The Morgan fingerprint density at radius 2 is 1.71 bits per heavy atom. The molecular weight excluding hydrogens is 258 g/mol. The maximum atomic E-state index is 4.78. The van der Waals surface area contributed by atoms with Gasteiger partial charge in [-0.15, -0.1) is 0 Å². The molecular formula is C18H31N3. The van der Waals surface area contributed by atoms with Crippen molar-refractivity contribution in [3.8, 4) is 0 Å². The number of nitrogens with zero attached hydrogens (tertiary/aromatic N) is 2. The molecule has 2 unspecified atom stereocenters. The van der Waals surface area contributed by atoms with E-state index in [0.29, 0.717) is 12.1 Å². The van der Waals surface area contributed by atoms with Gasteiger partial charge in [-0.2, -0.15) is 0 Å². The van der Waals surface area contributed by atoms with Crippen molar-refractivity contribution < 1.29 is 0 Å². The first-order valence-corrected chi connectivity index (χ1v) is 8.94. The largest absolute Gasteiger partial charge is 0.353 e. The van der Waals surface area contributed by atoms with Crippen molar-refractivity contribution in [3.05, 3.63) is 11.9 Å². The number of nitrogens with one attached hydrogen (secondary N) is 1. The van der Waals surface area contributed by atoms with E-state index in [0.717, 1.165) is 23.5 Å². The Hall–Kier alpha value is -0.990.